The van der Waals surface area contributed by atoms with Crippen LogP contribution in [-0.4, -0.2) is 38.5 Å². The van der Waals surface area contributed by atoms with Gasteiger partial charge in [-0.2, -0.15) is 0 Å². The highest BCUT2D eigenvalue weighted by Gasteiger charge is 2.14. The van der Waals surface area contributed by atoms with Crippen molar-refractivity contribution in [3.63, 3.8) is 0 Å². The summed E-state index contributed by atoms with van der Waals surface area (Å²) in [7, 11) is -3.41. The number of nitrogens with one attached hydrogen (secondary N) is 1. The van der Waals surface area contributed by atoms with Crippen LogP contribution >= 0.6 is 0 Å². The predicted octanol–water partition coefficient (Wildman–Crippen LogP) is 0.338. The van der Waals surface area contributed by atoms with E-state index in [9.17, 15) is 8.42 Å². The van der Waals surface area contributed by atoms with Crippen molar-refractivity contribution < 1.29 is 18.3 Å². The summed E-state index contributed by atoms with van der Waals surface area (Å²) in [6.07, 6.45) is 0.381. The molecule has 1 aromatic rings. The van der Waals surface area contributed by atoms with Crippen LogP contribution in [0.3, 0.4) is 0 Å². The molecule has 0 heterocycles. The smallest absolute Gasteiger partial charge is 0.215 e. The van der Waals surface area contributed by atoms with Crippen molar-refractivity contribution in [3.8, 4) is 5.75 Å². The van der Waals surface area contributed by atoms with Gasteiger partial charge in [-0.25, -0.2) is 13.1 Å². The molecule has 1 rings (SSSR count). The van der Waals surface area contributed by atoms with Gasteiger partial charge in [-0.05, 0) is 25.5 Å². The molecule has 0 saturated heterocycles. The second kappa shape index (κ2) is 7.32. The minimum Gasteiger partial charge on any atom is -0.490 e. The highest BCUT2D eigenvalue weighted by molar-refractivity contribution is 7.89. The Morgan fingerprint density at radius 2 is 2.11 bits per heavy atom. The molecule has 0 fully saturated rings. The average Bonchev–Trinajstić information content (AvgIpc) is 2.31. The van der Waals surface area contributed by atoms with E-state index in [1.54, 1.807) is 31.2 Å². The number of anilines is 1. The SMILES string of the molecule is CC(CCO)NS(=O)(=O)CCOc1ccccc1N. The van der Waals surface area contributed by atoms with Gasteiger partial charge in [0.2, 0.25) is 10.0 Å². The van der Waals surface area contributed by atoms with Crippen LogP contribution in [0, 0.1) is 0 Å². The van der Waals surface area contributed by atoms with E-state index < -0.39 is 10.0 Å². The van der Waals surface area contributed by atoms with Gasteiger partial charge in [-0.15, -0.1) is 0 Å². The molecule has 0 saturated carbocycles. The van der Waals surface area contributed by atoms with Crippen LogP contribution in [-0.2, 0) is 10.0 Å². The summed E-state index contributed by atoms with van der Waals surface area (Å²) < 4.78 is 31.2. The standard InChI is InChI=1S/C12H20N2O4S/c1-10(6-7-15)14-19(16,17)9-8-18-12-5-3-2-4-11(12)13/h2-5,10,14-15H,6-9,13H2,1H3. The molecule has 1 unspecified atom stereocenters. The summed E-state index contributed by atoms with van der Waals surface area (Å²) in [5, 5.41) is 8.72. The Morgan fingerprint density at radius 3 is 2.74 bits per heavy atom. The zero-order valence-electron chi connectivity index (χ0n) is 10.9. The van der Waals surface area contributed by atoms with Crippen molar-refractivity contribution in [2.75, 3.05) is 24.7 Å². The molecule has 1 atom stereocenters. The fourth-order valence-corrected chi connectivity index (χ4v) is 2.64. The summed E-state index contributed by atoms with van der Waals surface area (Å²) in [5.74, 6) is 0.318. The monoisotopic (exact) mass is 288 g/mol. The third-order valence-corrected chi connectivity index (χ3v) is 3.94. The number of aliphatic hydroxyl groups is 1. The molecule has 7 heteroatoms. The Balaban J connectivity index is 2.42. The molecule has 0 aromatic heterocycles. The second-order valence-corrected chi connectivity index (χ2v) is 6.11. The molecule has 0 radical (unpaired) electrons. The lowest BCUT2D eigenvalue weighted by atomic mass is 10.3. The molecule has 0 aliphatic heterocycles. The number of ether oxygens (including phenoxy) is 1. The molecule has 4 N–H and O–H groups in total. The van der Waals surface area contributed by atoms with Crippen LogP contribution in [0.2, 0.25) is 0 Å². The summed E-state index contributed by atoms with van der Waals surface area (Å²) in [4.78, 5) is 0. The number of hydrogen-bond donors (Lipinski definition) is 3. The van der Waals surface area contributed by atoms with Gasteiger partial charge >= 0.3 is 0 Å². The topological polar surface area (TPSA) is 102 Å². The molecule has 0 amide bonds. The van der Waals surface area contributed by atoms with E-state index in [1.807, 2.05) is 0 Å². The Hall–Kier alpha value is -1.31. The molecule has 19 heavy (non-hydrogen) atoms. The Kier molecular flexibility index (Phi) is 6.07. The first-order valence-electron chi connectivity index (χ1n) is 6.03. The van der Waals surface area contributed by atoms with E-state index in [0.717, 1.165) is 0 Å². The minimum atomic E-state index is -3.41. The van der Waals surface area contributed by atoms with Gasteiger partial charge in [0.05, 0.1) is 11.4 Å². The molecular weight excluding hydrogens is 268 g/mol. The average molecular weight is 288 g/mol. The van der Waals surface area contributed by atoms with E-state index in [1.165, 1.54) is 0 Å². The number of benzene rings is 1. The van der Waals surface area contributed by atoms with Crippen molar-refractivity contribution in [3.05, 3.63) is 24.3 Å². The number of hydrogen-bond acceptors (Lipinski definition) is 5. The quantitative estimate of drug-likeness (QED) is 0.599. The molecule has 0 aliphatic carbocycles. The highest BCUT2D eigenvalue weighted by atomic mass is 32.2. The lowest BCUT2D eigenvalue weighted by Crippen LogP contribution is -2.36. The largest absolute Gasteiger partial charge is 0.490 e. The molecule has 0 spiro atoms. The summed E-state index contributed by atoms with van der Waals surface area (Å²) in [5.41, 5.74) is 6.15. The van der Waals surface area contributed by atoms with Crippen LogP contribution < -0.4 is 15.2 Å². The number of rotatable bonds is 8. The Morgan fingerprint density at radius 1 is 1.42 bits per heavy atom. The summed E-state index contributed by atoms with van der Waals surface area (Å²) in [6.45, 7) is 1.67. The second-order valence-electron chi connectivity index (χ2n) is 4.24. The maximum absolute atomic E-state index is 11.7. The van der Waals surface area contributed by atoms with E-state index in [2.05, 4.69) is 4.72 Å². The van der Waals surface area contributed by atoms with E-state index in [-0.39, 0.29) is 25.0 Å². The third-order valence-electron chi connectivity index (χ3n) is 2.47. The van der Waals surface area contributed by atoms with E-state index in [4.69, 9.17) is 15.6 Å². The first-order valence-corrected chi connectivity index (χ1v) is 7.68. The number of nitrogen functional groups attached to an aromatic ring is 1. The normalized spacial score (nSPS) is 13.2. The van der Waals surface area contributed by atoms with Crippen molar-refractivity contribution in [2.45, 2.75) is 19.4 Å². The first kappa shape index (κ1) is 15.7. The summed E-state index contributed by atoms with van der Waals surface area (Å²) in [6, 6.07) is 6.62. The van der Waals surface area contributed by atoms with Crippen LogP contribution in [0.1, 0.15) is 13.3 Å². The van der Waals surface area contributed by atoms with Gasteiger partial charge in [0.1, 0.15) is 12.4 Å². The van der Waals surface area contributed by atoms with Crippen LogP contribution in [0.25, 0.3) is 0 Å². The maximum atomic E-state index is 11.7. The van der Waals surface area contributed by atoms with Crippen LogP contribution in [0.15, 0.2) is 24.3 Å². The van der Waals surface area contributed by atoms with Crippen LogP contribution in [0.4, 0.5) is 5.69 Å². The van der Waals surface area contributed by atoms with Gasteiger partial charge in [0.25, 0.3) is 0 Å². The molecule has 1 aromatic carbocycles. The first-order chi connectivity index (χ1) is 8.94. The van der Waals surface area contributed by atoms with Crippen molar-refractivity contribution in [2.24, 2.45) is 0 Å². The Bertz CT molecular complexity index is 490. The zero-order valence-corrected chi connectivity index (χ0v) is 11.7. The van der Waals surface area contributed by atoms with Gasteiger partial charge in [-0.3, -0.25) is 0 Å². The third kappa shape index (κ3) is 5.91. The van der Waals surface area contributed by atoms with Gasteiger partial charge < -0.3 is 15.6 Å². The van der Waals surface area contributed by atoms with Crippen molar-refractivity contribution in [1.29, 1.82) is 0 Å². The zero-order chi connectivity index (χ0) is 14.3. The van der Waals surface area contributed by atoms with E-state index in [0.29, 0.717) is 17.9 Å². The molecule has 108 valence electrons. The fourth-order valence-electron chi connectivity index (χ4n) is 1.49. The number of nitrogens with two attached hydrogens (primary N) is 1. The number of aliphatic hydroxyl groups excluding tert-OH is 1. The lowest BCUT2D eigenvalue weighted by molar-refractivity contribution is 0.275. The summed E-state index contributed by atoms with van der Waals surface area (Å²) >= 11 is 0. The molecule has 0 aliphatic rings. The fraction of sp³-hybridized carbons (Fsp3) is 0.500. The highest BCUT2D eigenvalue weighted by Crippen LogP contribution is 2.19. The lowest BCUT2D eigenvalue weighted by Gasteiger charge is -2.13. The molecular formula is C12H20N2O4S. The number of sulfonamides is 1. The maximum Gasteiger partial charge on any atom is 0.215 e. The van der Waals surface area contributed by atoms with Gasteiger partial charge in [0, 0.05) is 12.6 Å². The minimum absolute atomic E-state index is 0.0232. The molecule has 0 bridgehead atoms. The van der Waals surface area contributed by atoms with E-state index >= 15 is 0 Å². The van der Waals surface area contributed by atoms with Crippen LogP contribution in [0.5, 0.6) is 5.75 Å². The predicted molar refractivity (Wildman–Crippen MR) is 74.4 cm³/mol. The Labute approximate surface area is 113 Å². The number of para-hydroxylation sites is 2. The van der Waals surface area contributed by atoms with Gasteiger partial charge in [0.15, 0.2) is 0 Å². The van der Waals surface area contributed by atoms with Crippen molar-refractivity contribution in [1.82, 2.24) is 4.72 Å². The molecule has 6 nitrogen and oxygen atoms in total. The van der Waals surface area contributed by atoms with Gasteiger partial charge in [-0.1, -0.05) is 12.1 Å². The van der Waals surface area contributed by atoms with Crippen molar-refractivity contribution >= 4 is 15.7 Å².